The topological polar surface area (TPSA) is 68.9 Å². The van der Waals surface area contributed by atoms with E-state index in [2.05, 4.69) is 48.4 Å². The summed E-state index contributed by atoms with van der Waals surface area (Å²) < 4.78 is 11.3. The molecule has 0 aromatic heterocycles. The van der Waals surface area contributed by atoms with Gasteiger partial charge in [-0.2, -0.15) is 0 Å². The van der Waals surface area contributed by atoms with Crippen LogP contribution in [-0.4, -0.2) is 31.8 Å². The van der Waals surface area contributed by atoms with E-state index in [4.69, 9.17) is 15.2 Å². The smallest absolute Gasteiger partial charge is 0.188 e. The summed E-state index contributed by atoms with van der Waals surface area (Å²) in [5, 5.41) is 3.16. The molecule has 0 bridgehead atoms. The molecule has 0 atom stereocenters. The van der Waals surface area contributed by atoms with Gasteiger partial charge in [-0.15, -0.1) is 24.0 Å². The first-order valence-electron chi connectivity index (χ1n) is 8.94. The molecular formula is C19H32IN3O2. The zero-order valence-corrected chi connectivity index (χ0v) is 17.7. The lowest BCUT2D eigenvalue weighted by atomic mass is 10.1. The van der Waals surface area contributed by atoms with Gasteiger partial charge in [-0.3, -0.25) is 0 Å². The third-order valence-electron chi connectivity index (χ3n) is 4.11. The zero-order chi connectivity index (χ0) is 17.2. The predicted molar refractivity (Wildman–Crippen MR) is 113 cm³/mol. The van der Waals surface area contributed by atoms with E-state index in [1.165, 1.54) is 5.56 Å². The third kappa shape index (κ3) is 9.42. The summed E-state index contributed by atoms with van der Waals surface area (Å²) in [6.07, 6.45) is 3.39. The van der Waals surface area contributed by atoms with Crippen LogP contribution < -0.4 is 11.1 Å². The molecule has 142 valence electrons. The number of halogens is 1. The van der Waals surface area contributed by atoms with Crippen LogP contribution >= 0.6 is 24.0 Å². The molecule has 0 unspecified atom stereocenters. The Balaban J connectivity index is 0.00000312. The van der Waals surface area contributed by atoms with E-state index in [0.29, 0.717) is 31.1 Å². The highest BCUT2D eigenvalue weighted by atomic mass is 127. The molecule has 1 aromatic carbocycles. The summed E-state index contributed by atoms with van der Waals surface area (Å²) in [6, 6.07) is 8.36. The molecule has 1 aromatic rings. The van der Waals surface area contributed by atoms with Crippen molar-refractivity contribution in [1.29, 1.82) is 0 Å². The Labute approximate surface area is 168 Å². The lowest BCUT2D eigenvalue weighted by Gasteiger charge is -2.22. The van der Waals surface area contributed by atoms with Crippen molar-refractivity contribution in [3.05, 3.63) is 35.4 Å². The molecule has 3 N–H and O–H groups in total. The van der Waals surface area contributed by atoms with Gasteiger partial charge in [0.15, 0.2) is 5.96 Å². The molecule has 5 nitrogen and oxygen atoms in total. The van der Waals surface area contributed by atoms with Crippen LogP contribution in [-0.2, 0) is 22.6 Å². The quantitative estimate of drug-likeness (QED) is 0.354. The van der Waals surface area contributed by atoms with Crippen LogP contribution in [0.25, 0.3) is 0 Å². The minimum absolute atomic E-state index is 0. The molecule has 0 amide bonds. The minimum atomic E-state index is 0. The fraction of sp³-hybridized carbons (Fsp3) is 0.632. The Morgan fingerprint density at radius 2 is 2.04 bits per heavy atom. The first-order chi connectivity index (χ1) is 11.6. The largest absolute Gasteiger partial charge is 0.381 e. The Hall–Kier alpha value is -0.860. The second kappa shape index (κ2) is 12.5. The van der Waals surface area contributed by atoms with E-state index in [1.54, 1.807) is 0 Å². The highest BCUT2D eigenvalue weighted by Crippen LogP contribution is 2.14. The normalized spacial score (nSPS) is 15.9. The summed E-state index contributed by atoms with van der Waals surface area (Å²) >= 11 is 0. The molecule has 0 radical (unpaired) electrons. The second-order valence-corrected chi connectivity index (χ2v) is 6.75. The number of rotatable bonds is 8. The maximum atomic E-state index is 5.97. The van der Waals surface area contributed by atoms with Gasteiger partial charge in [-0.25, -0.2) is 4.99 Å². The maximum absolute atomic E-state index is 5.97. The highest BCUT2D eigenvalue weighted by Gasteiger charge is 2.13. The van der Waals surface area contributed by atoms with Gasteiger partial charge in [0, 0.05) is 19.8 Å². The SMILES string of the molecule is CC(C)CCNC(N)=NCc1cccc(COC2CCOCC2)c1.I. The average Bonchev–Trinajstić information content (AvgIpc) is 2.59. The summed E-state index contributed by atoms with van der Waals surface area (Å²) in [6.45, 7) is 8.11. The first kappa shape index (κ1) is 22.2. The Morgan fingerprint density at radius 1 is 1.32 bits per heavy atom. The molecule has 6 heteroatoms. The van der Waals surface area contributed by atoms with Crippen molar-refractivity contribution >= 4 is 29.9 Å². The van der Waals surface area contributed by atoms with Crippen molar-refractivity contribution < 1.29 is 9.47 Å². The fourth-order valence-corrected chi connectivity index (χ4v) is 2.60. The first-order valence-corrected chi connectivity index (χ1v) is 8.94. The van der Waals surface area contributed by atoms with E-state index in [1.807, 2.05) is 0 Å². The van der Waals surface area contributed by atoms with Gasteiger partial charge < -0.3 is 20.5 Å². The highest BCUT2D eigenvalue weighted by molar-refractivity contribution is 14.0. The van der Waals surface area contributed by atoms with Crippen molar-refractivity contribution in [2.24, 2.45) is 16.6 Å². The molecule has 25 heavy (non-hydrogen) atoms. The third-order valence-corrected chi connectivity index (χ3v) is 4.11. The van der Waals surface area contributed by atoms with Crippen molar-refractivity contribution in [2.75, 3.05) is 19.8 Å². The molecule has 2 rings (SSSR count). The van der Waals surface area contributed by atoms with Crippen LogP contribution in [0.1, 0.15) is 44.2 Å². The van der Waals surface area contributed by atoms with E-state index >= 15 is 0 Å². The van der Waals surface area contributed by atoms with Gasteiger partial charge in [0.05, 0.1) is 19.3 Å². The van der Waals surface area contributed by atoms with Gasteiger partial charge in [-0.1, -0.05) is 38.1 Å². The van der Waals surface area contributed by atoms with Crippen LogP contribution in [0, 0.1) is 5.92 Å². The van der Waals surface area contributed by atoms with Crippen LogP contribution in [0.3, 0.4) is 0 Å². The minimum Gasteiger partial charge on any atom is -0.381 e. The number of hydrogen-bond acceptors (Lipinski definition) is 3. The molecule has 1 aliphatic rings. The number of nitrogens with two attached hydrogens (primary N) is 1. The van der Waals surface area contributed by atoms with Gasteiger partial charge in [0.2, 0.25) is 0 Å². The molecule has 1 aliphatic heterocycles. The number of hydrogen-bond donors (Lipinski definition) is 2. The molecule has 0 spiro atoms. The predicted octanol–water partition coefficient (Wildman–Crippen LogP) is 3.45. The van der Waals surface area contributed by atoms with Gasteiger partial charge >= 0.3 is 0 Å². The summed E-state index contributed by atoms with van der Waals surface area (Å²) in [4.78, 5) is 4.41. The molecule has 0 saturated carbocycles. The molecule has 0 aliphatic carbocycles. The Morgan fingerprint density at radius 3 is 2.76 bits per heavy atom. The summed E-state index contributed by atoms with van der Waals surface area (Å²) in [5.74, 6) is 1.18. The summed E-state index contributed by atoms with van der Waals surface area (Å²) in [7, 11) is 0. The van der Waals surface area contributed by atoms with Gasteiger partial charge in [0.25, 0.3) is 0 Å². The number of ether oxygens (including phenoxy) is 2. The van der Waals surface area contributed by atoms with Crippen LogP contribution in [0.4, 0.5) is 0 Å². The summed E-state index contributed by atoms with van der Waals surface area (Å²) in [5.41, 5.74) is 8.24. The second-order valence-electron chi connectivity index (χ2n) is 6.75. The lowest BCUT2D eigenvalue weighted by molar-refractivity contribution is -0.0390. The average molecular weight is 461 g/mol. The van der Waals surface area contributed by atoms with E-state index in [-0.39, 0.29) is 24.0 Å². The van der Waals surface area contributed by atoms with E-state index in [0.717, 1.165) is 44.6 Å². The van der Waals surface area contributed by atoms with Gasteiger partial charge in [-0.05, 0) is 36.3 Å². The number of benzene rings is 1. The van der Waals surface area contributed by atoms with Crippen LogP contribution in [0.5, 0.6) is 0 Å². The van der Waals surface area contributed by atoms with Crippen LogP contribution in [0.2, 0.25) is 0 Å². The Kier molecular flexibility index (Phi) is 11.1. The zero-order valence-electron chi connectivity index (χ0n) is 15.4. The number of nitrogens with one attached hydrogen (secondary N) is 1. The monoisotopic (exact) mass is 461 g/mol. The molecule has 1 fully saturated rings. The number of aliphatic imine (C=N–C) groups is 1. The molecular weight excluding hydrogens is 429 g/mol. The standard InChI is InChI=1S/C19H31N3O2.HI/c1-15(2)6-9-21-19(20)22-13-16-4-3-5-17(12-16)14-24-18-7-10-23-11-8-18;/h3-5,12,15,18H,6-11,13-14H2,1-2H3,(H3,20,21,22);1H. The fourth-order valence-electron chi connectivity index (χ4n) is 2.60. The number of guanidine groups is 1. The number of nitrogens with zero attached hydrogens (tertiary/aromatic N) is 1. The molecule has 1 saturated heterocycles. The van der Waals surface area contributed by atoms with Crippen molar-refractivity contribution in [1.82, 2.24) is 5.32 Å². The van der Waals surface area contributed by atoms with Crippen molar-refractivity contribution in [3.8, 4) is 0 Å². The van der Waals surface area contributed by atoms with Gasteiger partial charge in [0.1, 0.15) is 0 Å². The van der Waals surface area contributed by atoms with Crippen molar-refractivity contribution in [2.45, 2.75) is 52.4 Å². The van der Waals surface area contributed by atoms with E-state index < -0.39 is 0 Å². The maximum Gasteiger partial charge on any atom is 0.188 e. The Bertz CT molecular complexity index is 517. The van der Waals surface area contributed by atoms with E-state index in [9.17, 15) is 0 Å². The lowest BCUT2D eigenvalue weighted by Crippen LogP contribution is -2.32. The van der Waals surface area contributed by atoms with Crippen LogP contribution in [0.15, 0.2) is 29.3 Å². The van der Waals surface area contributed by atoms with Crippen molar-refractivity contribution in [3.63, 3.8) is 0 Å². The molecule has 1 heterocycles.